The van der Waals surface area contributed by atoms with Crippen LogP contribution in [0.3, 0.4) is 0 Å². The maximum Gasteiger partial charge on any atom is 0.226 e. The molecular weight excluding hydrogens is 376 g/mol. The van der Waals surface area contributed by atoms with Crippen molar-refractivity contribution in [3.8, 4) is 10.6 Å². The number of hydrogen-bond acceptors (Lipinski definition) is 3. The van der Waals surface area contributed by atoms with Gasteiger partial charge in [-0.1, -0.05) is 23.7 Å². The van der Waals surface area contributed by atoms with Gasteiger partial charge < -0.3 is 5.32 Å². The Morgan fingerprint density at radius 2 is 1.74 bits per heavy atom. The number of thiazole rings is 1. The molecule has 1 aromatic heterocycles. The van der Waals surface area contributed by atoms with Gasteiger partial charge in [0.05, 0.1) is 5.69 Å². The second-order valence-electron chi connectivity index (χ2n) is 8.85. The van der Waals surface area contributed by atoms with Crippen LogP contribution < -0.4 is 5.32 Å². The van der Waals surface area contributed by atoms with Gasteiger partial charge >= 0.3 is 0 Å². The van der Waals surface area contributed by atoms with Crippen molar-refractivity contribution in [3.63, 3.8) is 0 Å². The van der Waals surface area contributed by atoms with E-state index in [0.29, 0.717) is 12.5 Å². The molecule has 3 nitrogen and oxygen atoms in total. The lowest BCUT2D eigenvalue weighted by Gasteiger charge is -2.55. The molecule has 4 fully saturated rings. The highest BCUT2D eigenvalue weighted by atomic mass is 35.5. The van der Waals surface area contributed by atoms with E-state index in [1.807, 2.05) is 24.3 Å². The largest absolute Gasteiger partial charge is 0.355 e. The van der Waals surface area contributed by atoms with Crippen molar-refractivity contribution in [3.05, 3.63) is 40.4 Å². The standard InChI is InChI=1S/C22H25ClN2OS/c23-18-3-1-17(2-4-18)20-25-19(13-27-20)5-6-24-21(26)22-10-14-7-15(11-22)9-16(8-14)12-22/h1-4,13-16H,5-12H2,(H,24,26). The van der Waals surface area contributed by atoms with Crippen LogP contribution in [0.15, 0.2) is 29.6 Å². The number of benzene rings is 1. The first-order chi connectivity index (χ1) is 13.1. The predicted molar refractivity (Wildman–Crippen MR) is 110 cm³/mol. The quantitative estimate of drug-likeness (QED) is 0.736. The third kappa shape index (κ3) is 3.42. The van der Waals surface area contributed by atoms with Gasteiger partial charge in [-0.2, -0.15) is 0 Å². The molecule has 27 heavy (non-hydrogen) atoms. The van der Waals surface area contributed by atoms with E-state index in [0.717, 1.165) is 64.7 Å². The van der Waals surface area contributed by atoms with Crippen LogP contribution in [0.2, 0.25) is 5.02 Å². The molecule has 1 aromatic carbocycles. The highest BCUT2D eigenvalue weighted by molar-refractivity contribution is 7.13. The molecule has 142 valence electrons. The molecular formula is C22H25ClN2OS. The molecule has 0 unspecified atom stereocenters. The summed E-state index contributed by atoms with van der Waals surface area (Å²) in [4.78, 5) is 17.7. The van der Waals surface area contributed by atoms with E-state index in [-0.39, 0.29) is 5.41 Å². The van der Waals surface area contributed by atoms with Gasteiger partial charge in [-0.3, -0.25) is 4.79 Å². The fraction of sp³-hybridized carbons (Fsp3) is 0.545. The van der Waals surface area contributed by atoms with Crippen LogP contribution in [0.5, 0.6) is 0 Å². The highest BCUT2D eigenvalue weighted by Gasteiger charge is 2.54. The summed E-state index contributed by atoms with van der Waals surface area (Å²) in [6.07, 6.45) is 8.30. The van der Waals surface area contributed by atoms with E-state index in [2.05, 4.69) is 10.7 Å². The second kappa shape index (κ2) is 6.89. The maximum atomic E-state index is 13.0. The third-order valence-corrected chi connectivity index (χ3v) is 8.02. The molecule has 0 radical (unpaired) electrons. The fourth-order valence-corrected chi connectivity index (χ4v) is 7.01. The van der Waals surface area contributed by atoms with Crippen LogP contribution in [-0.4, -0.2) is 17.4 Å². The number of halogens is 1. The van der Waals surface area contributed by atoms with Crippen LogP contribution in [0.1, 0.15) is 44.2 Å². The molecule has 1 heterocycles. The lowest BCUT2D eigenvalue weighted by molar-refractivity contribution is -0.146. The molecule has 4 bridgehead atoms. The smallest absolute Gasteiger partial charge is 0.226 e. The molecule has 0 aliphatic heterocycles. The number of amides is 1. The summed E-state index contributed by atoms with van der Waals surface area (Å²) in [5.41, 5.74) is 2.09. The maximum absolute atomic E-state index is 13.0. The molecule has 4 saturated carbocycles. The van der Waals surface area contributed by atoms with Crippen LogP contribution in [0.25, 0.3) is 10.6 Å². The zero-order chi connectivity index (χ0) is 18.4. The number of carbonyl (C=O) groups excluding carboxylic acids is 1. The average molecular weight is 401 g/mol. The Morgan fingerprint density at radius 3 is 2.37 bits per heavy atom. The monoisotopic (exact) mass is 400 g/mol. The molecule has 0 saturated heterocycles. The van der Waals surface area contributed by atoms with Gasteiger partial charge in [-0.15, -0.1) is 11.3 Å². The number of aromatic nitrogens is 1. The summed E-state index contributed by atoms with van der Waals surface area (Å²) >= 11 is 7.61. The van der Waals surface area contributed by atoms with Crippen LogP contribution in [0.4, 0.5) is 0 Å². The molecule has 1 N–H and O–H groups in total. The topological polar surface area (TPSA) is 42.0 Å². The van der Waals surface area contributed by atoms with Crippen molar-refractivity contribution in [2.45, 2.75) is 44.9 Å². The van der Waals surface area contributed by atoms with Gasteiger partial charge in [-0.05, 0) is 68.4 Å². The molecule has 6 rings (SSSR count). The normalized spacial score (nSPS) is 31.2. The SMILES string of the molecule is O=C(NCCc1csc(-c2ccc(Cl)cc2)n1)C12CC3CC(CC(C3)C1)C2. The van der Waals surface area contributed by atoms with E-state index in [9.17, 15) is 4.79 Å². The lowest BCUT2D eigenvalue weighted by Crippen LogP contribution is -2.53. The van der Waals surface area contributed by atoms with Crippen molar-refractivity contribution in [2.75, 3.05) is 6.54 Å². The predicted octanol–water partition coefficient (Wildman–Crippen LogP) is 5.34. The minimum Gasteiger partial charge on any atom is -0.355 e. The summed E-state index contributed by atoms with van der Waals surface area (Å²) in [5.74, 6) is 2.74. The fourth-order valence-electron chi connectivity index (χ4n) is 6.03. The number of hydrogen-bond donors (Lipinski definition) is 1. The summed E-state index contributed by atoms with van der Waals surface area (Å²) in [7, 11) is 0. The summed E-state index contributed by atoms with van der Waals surface area (Å²) in [6.45, 7) is 0.685. The lowest BCUT2D eigenvalue weighted by atomic mass is 9.49. The average Bonchev–Trinajstić information content (AvgIpc) is 3.10. The summed E-state index contributed by atoms with van der Waals surface area (Å²) in [6, 6.07) is 7.78. The molecule has 0 atom stereocenters. The van der Waals surface area contributed by atoms with Crippen molar-refractivity contribution in [1.29, 1.82) is 0 Å². The molecule has 1 amide bonds. The van der Waals surface area contributed by atoms with Crippen LogP contribution in [-0.2, 0) is 11.2 Å². The van der Waals surface area contributed by atoms with Crippen molar-refractivity contribution in [1.82, 2.24) is 10.3 Å². The summed E-state index contributed by atoms with van der Waals surface area (Å²) in [5, 5.41) is 7.10. The van der Waals surface area contributed by atoms with Crippen molar-refractivity contribution in [2.24, 2.45) is 23.2 Å². The van der Waals surface area contributed by atoms with Gasteiger partial charge in [0.15, 0.2) is 0 Å². The number of nitrogens with one attached hydrogen (secondary N) is 1. The van der Waals surface area contributed by atoms with E-state index in [1.165, 1.54) is 19.3 Å². The molecule has 5 heteroatoms. The first-order valence-corrected chi connectivity index (χ1v) is 11.3. The Bertz CT molecular complexity index is 809. The Hall–Kier alpha value is -1.39. The Balaban J connectivity index is 1.18. The van der Waals surface area contributed by atoms with E-state index in [1.54, 1.807) is 11.3 Å². The van der Waals surface area contributed by atoms with Gasteiger partial charge in [0.1, 0.15) is 5.01 Å². The summed E-state index contributed by atoms with van der Waals surface area (Å²) < 4.78 is 0. The minimum absolute atomic E-state index is 0.0503. The first kappa shape index (κ1) is 17.7. The number of rotatable bonds is 5. The Labute approximate surface area is 169 Å². The van der Waals surface area contributed by atoms with Crippen LogP contribution in [0, 0.1) is 23.2 Å². The zero-order valence-electron chi connectivity index (χ0n) is 15.4. The molecule has 0 spiro atoms. The van der Waals surface area contributed by atoms with Crippen molar-refractivity contribution >= 4 is 28.8 Å². The Morgan fingerprint density at radius 1 is 1.11 bits per heavy atom. The number of carbonyl (C=O) groups is 1. The third-order valence-electron chi connectivity index (χ3n) is 6.83. The molecule has 4 aliphatic carbocycles. The molecule has 2 aromatic rings. The van der Waals surface area contributed by atoms with Gasteiger partial charge in [0.25, 0.3) is 0 Å². The highest BCUT2D eigenvalue weighted by Crippen LogP contribution is 2.60. The van der Waals surface area contributed by atoms with E-state index >= 15 is 0 Å². The first-order valence-electron chi connectivity index (χ1n) is 10.1. The minimum atomic E-state index is -0.0503. The Kier molecular flexibility index (Phi) is 4.52. The van der Waals surface area contributed by atoms with Gasteiger partial charge in [0, 0.05) is 34.3 Å². The van der Waals surface area contributed by atoms with Crippen LogP contribution >= 0.6 is 22.9 Å². The van der Waals surface area contributed by atoms with Gasteiger partial charge in [-0.25, -0.2) is 4.98 Å². The molecule has 4 aliphatic rings. The van der Waals surface area contributed by atoms with E-state index < -0.39 is 0 Å². The zero-order valence-corrected chi connectivity index (χ0v) is 17.0. The number of nitrogens with zero attached hydrogens (tertiary/aromatic N) is 1. The second-order valence-corrected chi connectivity index (χ2v) is 10.1. The van der Waals surface area contributed by atoms with E-state index in [4.69, 9.17) is 16.6 Å². The van der Waals surface area contributed by atoms with Crippen molar-refractivity contribution < 1.29 is 4.79 Å². The van der Waals surface area contributed by atoms with Gasteiger partial charge in [0.2, 0.25) is 5.91 Å².